The van der Waals surface area contributed by atoms with Crippen molar-refractivity contribution in [1.29, 1.82) is 0 Å². The molecule has 0 fully saturated rings. The molecule has 0 radical (unpaired) electrons. The zero-order valence-corrected chi connectivity index (χ0v) is 15.1. The standard InChI is InChI=1S/C19H18N4O4/c1-12(24)27-18-16(25-2)8-13(9-17(18)26-3)10-20-22-19-15-7-5-4-6-14(15)11-21-23-19/h4-11H,1-3H3,(H,22,23). The number of nitrogens with one attached hydrogen (secondary N) is 1. The lowest BCUT2D eigenvalue weighted by Gasteiger charge is -2.13. The highest BCUT2D eigenvalue weighted by Gasteiger charge is 2.15. The molecular weight excluding hydrogens is 348 g/mol. The van der Waals surface area contributed by atoms with Crippen LogP contribution in [0.4, 0.5) is 5.82 Å². The van der Waals surface area contributed by atoms with E-state index in [-0.39, 0.29) is 5.75 Å². The largest absolute Gasteiger partial charge is 0.493 e. The molecule has 1 aromatic heterocycles. The van der Waals surface area contributed by atoms with E-state index >= 15 is 0 Å². The first kappa shape index (κ1) is 18.1. The number of anilines is 1. The number of benzene rings is 2. The molecule has 8 nitrogen and oxygen atoms in total. The van der Waals surface area contributed by atoms with Gasteiger partial charge in [-0.05, 0) is 12.1 Å². The van der Waals surface area contributed by atoms with Crippen LogP contribution in [-0.4, -0.2) is 36.6 Å². The van der Waals surface area contributed by atoms with E-state index in [4.69, 9.17) is 14.2 Å². The summed E-state index contributed by atoms with van der Waals surface area (Å²) in [7, 11) is 2.96. The fraction of sp³-hybridized carbons (Fsp3) is 0.158. The number of carbonyl (C=O) groups is 1. The van der Waals surface area contributed by atoms with Gasteiger partial charge >= 0.3 is 5.97 Å². The van der Waals surface area contributed by atoms with Gasteiger partial charge in [0.15, 0.2) is 17.3 Å². The minimum atomic E-state index is -0.468. The van der Waals surface area contributed by atoms with E-state index in [1.807, 2.05) is 24.3 Å². The Bertz CT molecular complexity index is 974. The van der Waals surface area contributed by atoms with Gasteiger partial charge in [-0.2, -0.15) is 10.2 Å². The summed E-state index contributed by atoms with van der Waals surface area (Å²) >= 11 is 0. The van der Waals surface area contributed by atoms with Crippen LogP contribution in [0.3, 0.4) is 0 Å². The minimum absolute atomic E-state index is 0.220. The first-order chi connectivity index (χ1) is 13.1. The van der Waals surface area contributed by atoms with Crippen LogP contribution in [0.25, 0.3) is 10.8 Å². The number of hydrazone groups is 1. The van der Waals surface area contributed by atoms with Crippen molar-refractivity contribution in [2.24, 2.45) is 5.10 Å². The molecule has 0 saturated carbocycles. The van der Waals surface area contributed by atoms with Crippen LogP contribution in [-0.2, 0) is 4.79 Å². The maximum Gasteiger partial charge on any atom is 0.308 e. The second-order valence-corrected chi connectivity index (χ2v) is 5.50. The number of methoxy groups -OCH3 is 2. The highest BCUT2D eigenvalue weighted by atomic mass is 16.6. The van der Waals surface area contributed by atoms with E-state index in [9.17, 15) is 4.79 Å². The number of hydrogen-bond acceptors (Lipinski definition) is 8. The third-order valence-electron chi connectivity index (χ3n) is 3.68. The predicted octanol–water partition coefficient (Wildman–Crippen LogP) is 3.02. The van der Waals surface area contributed by atoms with E-state index < -0.39 is 5.97 Å². The molecule has 0 aliphatic rings. The molecule has 0 bridgehead atoms. The first-order valence-electron chi connectivity index (χ1n) is 8.06. The second-order valence-electron chi connectivity index (χ2n) is 5.50. The number of hydrogen-bond donors (Lipinski definition) is 1. The monoisotopic (exact) mass is 366 g/mol. The minimum Gasteiger partial charge on any atom is -0.493 e. The van der Waals surface area contributed by atoms with Crippen molar-refractivity contribution < 1.29 is 19.0 Å². The molecule has 0 aliphatic carbocycles. The molecular formula is C19H18N4O4. The summed E-state index contributed by atoms with van der Waals surface area (Å²) in [5.41, 5.74) is 3.57. The van der Waals surface area contributed by atoms with Gasteiger partial charge in [0.2, 0.25) is 5.75 Å². The molecule has 0 spiro atoms. The van der Waals surface area contributed by atoms with Gasteiger partial charge in [0, 0.05) is 23.3 Å². The van der Waals surface area contributed by atoms with E-state index in [1.54, 1.807) is 24.5 Å². The van der Waals surface area contributed by atoms with E-state index in [0.29, 0.717) is 22.9 Å². The Morgan fingerprint density at radius 3 is 2.52 bits per heavy atom. The number of aromatic nitrogens is 2. The van der Waals surface area contributed by atoms with E-state index in [0.717, 1.165) is 10.8 Å². The molecule has 138 valence electrons. The van der Waals surface area contributed by atoms with Crippen molar-refractivity contribution in [3.8, 4) is 17.2 Å². The summed E-state index contributed by atoms with van der Waals surface area (Å²) in [6.07, 6.45) is 3.26. The zero-order chi connectivity index (χ0) is 19.2. The SMILES string of the molecule is COc1cc(C=NNc2nncc3ccccc23)cc(OC)c1OC(C)=O. The highest BCUT2D eigenvalue weighted by molar-refractivity contribution is 5.91. The second kappa shape index (κ2) is 8.13. The average Bonchev–Trinajstić information content (AvgIpc) is 2.68. The van der Waals surface area contributed by atoms with Crippen molar-refractivity contribution in [1.82, 2.24) is 10.2 Å². The molecule has 27 heavy (non-hydrogen) atoms. The molecule has 0 saturated heterocycles. The van der Waals surface area contributed by atoms with E-state index in [2.05, 4.69) is 20.7 Å². The van der Waals surface area contributed by atoms with Crippen LogP contribution in [0, 0.1) is 0 Å². The molecule has 0 aliphatic heterocycles. The van der Waals surface area contributed by atoms with Crippen LogP contribution in [0.2, 0.25) is 0 Å². The molecule has 1 N–H and O–H groups in total. The maximum absolute atomic E-state index is 11.3. The first-order valence-corrected chi connectivity index (χ1v) is 8.06. The third kappa shape index (κ3) is 4.12. The molecule has 2 aromatic carbocycles. The van der Waals surface area contributed by atoms with E-state index in [1.165, 1.54) is 21.1 Å². The van der Waals surface area contributed by atoms with Gasteiger partial charge < -0.3 is 14.2 Å². The summed E-state index contributed by atoms with van der Waals surface area (Å²) in [5.74, 6) is 1.01. The predicted molar refractivity (Wildman–Crippen MR) is 102 cm³/mol. The fourth-order valence-electron chi connectivity index (χ4n) is 2.50. The maximum atomic E-state index is 11.3. The average molecular weight is 366 g/mol. The Morgan fingerprint density at radius 2 is 1.85 bits per heavy atom. The number of nitrogens with zero attached hydrogens (tertiary/aromatic N) is 3. The lowest BCUT2D eigenvalue weighted by atomic mass is 10.2. The Labute approximate surface area is 155 Å². The number of fused-ring (bicyclic) bond motifs is 1. The van der Waals surface area contributed by atoms with Gasteiger partial charge in [-0.1, -0.05) is 24.3 Å². The number of carbonyl (C=O) groups excluding carboxylic acids is 1. The quantitative estimate of drug-likeness (QED) is 0.310. The molecule has 0 amide bonds. The van der Waals surface area contributed by atoms with Crippen molar-refractivity contribution >= 4 is 28.8 Å². The number of ether oxygens (including phenoxy) is 3. The molecule has 0 unspecified atom stereocenters. The Morgan fingerprint density at radius 1 is 1.15 bits per heavy atom. The lowest BCUT2D eigenvalue weighted by molar-refractivity contribution is -0.132. The van der Waals surface area contributed by atoms with Gasteiger partial charge in [0.05, 0.1) is 26.6 Å². The van der Waals surface area contributed by atoms with Gasteiger partial charge in [-0.15, -0.1) is 5.10 Å². The van der Waals surface area contributed by atoms with Gasteiger partial charge in [-0.3, -0.25) is 10.2 Å². The molecule has 8 heteroatoms. The zero-order valence-electron chi connectivity index (χ0n) is 15.1. The Balaban J connectivity index is 1.87. The summed E-state index contributed by atoms with van der Waals surface area (Å²) in [6.45, 7) is 1.31. The summed E-state index contributed by atoms with van der Waals surface area (Å²) in [4.78, 5) is 11.3. The Hall–Kier alpha value is -3.68. The third-order valence-corrected chi connectivity index (χ3v) is 3.68. The van der Waals surface area contributed by atoms with Crippen molar-refractivity contribution in [2.45, 2.75) is 6.92 Å². The van der Waals surface area contributed by atoms with Crippen LogP contribution in [0.1, 0.15) is 12.5 Å². The molecule has 1 heterocycles. The highest BCUT2D eigenvalue weighted by Crippen LogP contribution is 2.38. The van der Waals surface area contributed by atoms with Gasteiger partial charge in [0.1, 0.15) is 0 Å². The number of esters is 1. The summed E-state index contributed by atoms with van der Waals surface area (Å²) in [6, 6.07) is 11.1. The normalized spacial score (nSPS) is 10.8. The number of rotatable bonds is 6. The van der Waals surface area contributed by atoms with Crippen LogP contribution < -0.4 is 19.6 Å². The molecule has 3 rings (SSSR count). The molecule has 3 aromatic rings. The Kier molecular flexibility index (Phi) is 5.46. The van der Waals surface area contributed by atoms with Crippen LogP contribution >= 0.6 is 0 Å². The van der Waals surface area contributed by atoms with Gasteiger partial charge in [0.25, 0.3) is 0 Å². The summed E-state index contributed by atoms with van der Waals surface area (Å²) < 4.78 is 15.7. The topological polar surface area (TPSA) is 94.9 Å². The smallest absolute Gasteiger partial charge is 0.308 e. The van der Waals surface area contributed by atoms with Crippen molar-refractivity contribution in [2.75, 3.05) is 19.6 Å². The van der Waals surface area contributed by atoms with Crippen LogP contribution in [0.5, 0.6) is 17.2 Å². The molecule has 0 atom stereocenters. The van der Waals surface area contributed by atoms with Crippen molar-refractivity contribution in [3.05, 3.63) is 48.2 Å². The van der Waals surface area contributed by atoms with Gasteiger partial charge in [-0.25, -0.2) is 0 Å². The fourth-order valence-corrected chi connectivity index (χ4v) is 2.50. The van der Waals surface area contributed by atoms with Crippen LogP contribution in [0.15, 0.2) is 47.7 Å². The lowest BCUT2D eigenvalue weighted by Crippen LogP contribution is -2.05. The van der Waals surface area contributed by atoms with Crippen molar-refractivity contribution in [3.63, 3.8) is 0 Å². The summed E-state index contributed by atoms with van der Waals surface area (Å²) in [5, 5.41) is 14.1.